The molecule has 0 fully saturated rings. The number of halogens is 2. The van der Waals surface area contributed by atoms with Crippen molar-refractivity contribution < 1.29 is 9.13 Å². The summed E-state index contributed by atoms with van der Waals surface area (Å²) in [5.41, 5.74) is 0.751. The molecule has 0 radical (unpaired) electrons. The van der Waals surface area contributed by atoms with Crippen LogP contribution in [0.4, 0.5) is 4.39 Å². The highest BCUT2D eigenvalue weighted by Crippen LogP contribution is 2.15. The number of nitrogens with zero attached hydrogens (tertiary/aromatic N) is 2. The van der Waals surface area contributed by atoms with Crippen LogP contribution in [0, 0.1) is 17.1 Å². The summed E-state index contributed by atoms with van der Waals surface area (Å²) in [4.78, 5) is 4.02. The number of pyridine rings is 1. The van der Waals surface area contributed by atoms with E-state index >= 15 is 0 Å². The van der Waals surface area contributed by atoms with Crippen LogP contribution in [0.15, 0.2) is 41.1 Å². The first-order chi connectivity index (χ1) is 8.69. The summed E-state index contributed by atoms with van der Waals surface area (Å²) in [6.07, 6.45) is 1.58. The molecule has 0 saturated heterocycles. The summed E-state index contributed by atoms with van der Waals surface area (Å²) in [5.74, 6) is 0.0904. The third-order valence-electron chi connectivity index (χ3n) is 2.26. The van der Waals surface area contributed by atoms with Crippen molar-refractivity contribution >= 4 is 15.9 Å². The lowest BCUT2D eigenvalue weighted by molar-refractivity contribution is 0.304. The topological polar surface area (TPSA) is 45.9 Å². The van der Waals surface area contributed by atoms with Crippen LogP contribution in [0.5, 0.6) is 5.75 Å². The summed E-state index contributed by atoms with van der Waals surface area (Å²) >= 11 is 3.22. The monoisotopic (exact) mass is 306 g/mol. The van der Waals surface area contributed by atoms with Gasteiger partial charge in [0.05, 0.1) is 11.8 Å². The van der Waals surface area contributed by atoms with E-state index < -0.39 is 5.82 Å². The molecule has 1 heterocycles. The van der Waals surface area contributed by atoms with Gasteiger partial charge in [0, 0.05) is 0 Å². The highest BCUT2D eigenvalue weighted by molar-refractivity contribution is 9.10. The first kappa shape index (κ1) is 12.5. The van der Waals surface area contributed by atoms with E-state index in [1.54, 1.807) is 30.5 Å². The zero-order valence-corrected chi connectivity index (χ0v) is 10.8. The molecule has 0 aliphatic carbocycles. The van der Waals surface area contributed by atoms with E-state index in [1.165, 1.54) is 12.1 Å². The SMILES string of the molecule is N#Cc1cc(COc2ccc(Br)nc2)ccc1F. The smallest absolute Gasteiger partial charge is 0.140 e. The van der Waals surface area contributed by atoms with Crippen LogP contribution >= 0.6 is 15.9 Å². The minimum absolute atomic E-state index is 0.0185. The van der Waals surface area contributed by atoms with Crippen molar-refractivity contribution in [3.63, 3.8) is 0 Å². The lowest BCUT2D eigenvalue weighted by Crippen LogP contribution is -1.97. The molecule has 0 aliphatic rings. The predicted molar refractivity (Wildman–Crippen MR) is 67.4 cm³/mol. The molecule has 3 nitrogen and oxygen atoms in total. The maximum absolute atomic E-state index is 13.1. The molecule has 0 unspecified atom stereocenters. The van der Waals surface area contributed by atoms with Crippen molar-refractivity contribution in [2.75, 3.05) is 0 Å². The van der Waals surface area contributed by atoms with E-state index in [-0.39, 0.29) is 12.2 Å². The van der Waals surface area contributed by atoms with Gasteiger partial charge in [-0.05, 0) is 45.8 Å². The first-order valence-corrected chi connectivity index (χ1v) is 5.91. The number of ether oxygens (including phenoxy) is 1. The summed E-state index contributed by atoms with van der Waals surface area (Å²) in [7, 11) is 0. The van der Waals surface area contributed by atoms with Crippen LogP contribution in [0.1, 0.15) is 11.1 Å². The van der Waals surface area contributed by atoms with Gasteiger partial charge in [0.1, 0.15) is 28.8 Å². The molecule has 0 amide bonds. The zero-order valence-electron chi connectivity index (χ0n) is 9.23. The van der Waals surface area contributed by atoms with Crippen LogP contribution in [-0.2, 0) is 6.61 Å². The van der Waals surface area contributed by atoms with E-state index in [0.29, 0.717) is 5.75 Å². The number of nitriles is 1. The Hall–Kier alpha value is -1.93. The van der Waals surface area contributed by atoms with Crippen molar-refractivity contribution in [1.82, 2.24) is 4.98 Å². The third-order valence-corrected chi connectivity index (χ3v) is 2.73. The van der Waals surface area contributed by atoms with Gasteiger partial charge >= 0.3 is 0 Å². The van der Waals surface area contributed by atoms with Crippen LogP contribution in [-0.4, -0.2) is 4.98 Å². The molecule has 1 aromatic heterocycles. The zero-order chi connectivity index (χ0) is 13.0. The van der Waals surface area contributed by atoms with Crippen molar-refractivity contribution in [2.45, 2.75) is 6.61 Å². The molecule has 90 valence electrons. The number of hydrogen-bond acceptors (Lipinski definition) is 3. The van der Waals surface area contributed by atoms with Crippen molar-refractivity contribution in [1.29, 1.82) is 5.26 Å². The Labute approximate surface area is 112 Å². The lowest BCUT2D eigenvalue weighted by atomic mass is 10.1. The van der Waals surface area contributed by atoms with Crippen LogP contribution in [0.25, 0.3) is 0 Å². The minimum atomic E-state index is -0.522. The van der Waals surface area contributed by atoms with E-state index in [1.807, 2.05) is 0 Å². The fraction of sp³-hybridized carbons (Fsp3) is 0.0769. The Morgan fingerprint density at radius 2 is 2.17 bits per heavy atom. The van der Waals surface area contributed by atoms with Crippen molar-refractivity contribution in [3.8, 4) is 11.8 Å². The third kappa shape index (κ3) is 3.05. The molecule has 0 N–H and O–H groups in total. The second-order valence-corrected chi connectivity index (χ2v) is 4.34. The number of hydrogen-bond donors (Lipinski definition) is 0. The van der Waals surface area contributed by atoms with Gasteiger partial charge in [0.2, 0.25) is 0 Å². The second-order valence-electron chi connectivity index (χ2n) is 3.53. The molecular weight excluding hydrogens is 299 g/mol. The molecule has 2 rings (SSSR count). The Morgan fingerprint density at radius 3 is 2.83 bits per heavy atom. The van der Waals surface area contributed by atoms with Crippen molar-refractivity contribution in [2.24, 2.45) is 0 Å². The van der Waals surface area contributed by atoms with Gasteiger partial charge < -0.3 is 4.74 Å². The van der Waals surface area contributed by atoms with E-state index in [0.717, 1.165) is 10.2 Å². The van der Waals surface area contributed by atoms with Crippen LogP contribution in [0.2, 0.25) is 0 Å². The molecule has 0 atom stereocenters. The van der Waals surface area contributed by atoms with Gasteiger partial charge in [-0.3, -0.25) is 0 Å². The van der Waals surface area contributed by atoms with Gasteiger partial charge in [-0.15, -0.1) is 0 Å². The quantitative estimate of drug-likeness (QED) is 0.816. The average molecular weight is 307 g/mol. The number of benzene rings is 1. The van der Waals surface area contributed by atoms with Gasteiger partial charge in [-0.2, -0.15) is 5.26 Å². The lowest BCUT2D eigenvalue weighted by Gasteiger charge is -2.06. The van der Waals surface area contributed by atoms with E-state index in [4.69, 9.17) is 10.00 Å². The van der Waals surface area contributed by atoms with Crippen molar-refractivity contribution in [3.05, 3.63) is 58.1 Å². The average Bonchev–Trinajstić information content (AvgIpc) is 2.39. The Balaban J connectivity index is 2.06. The molecule has 1 aromatic carbocycles. The summed E-state index contributed by atoms with van der Waals surface area (Å²) < 4.78 is 19.3. The second kappa shape index (κ2) is 5.61. The normalized spacial score (nSPS) is 9.83. The molecule has 2 aromatic rings. The molecule has 0 saturated carbocycles. The van der Waals surface area contributed by atoms with E-state index in [9.17, 15) is 4.39 Å². The highest BCUT2D eigenvalue weighted by Gasteiger charge is 2.03. The van der Waals surface area contributed by atoms with E-state index in [2.05, 4.69) is 20.9 Å². The summed E-state index contributed by atoms with van der Waals surface area (Å²) in [5, 5.41) is 8.71. The fourth-order valence-electron chi connectivity index (χ4n) is 1.36. The predicted octanol–water partition coefficient (Wildman–Crippen LogP) is 3.43. The number of rotatable bonds is 3. The largest absolute Gasteiger partial charge is 0.487 e. The number of aromatic nitrogens is 1. The Bertz CT molecular complexity index is 593. The van der Waals surface area contributed by atoms with Crippen LogP contribution < -0.4 is 4.74 Å². The first-order valence-electron chi connectivity index (χ1n) is 5.12. The fourth-order valence-corrected chi connectivity index (χ4v) is 1.60. The summed E-state index contributed by atoms with van der Waals surface area (Å²) in [6.45, 7) is 0.262. The molecule has 0 spiro atoms. The van der Waals surface area contributed by atoms with Gasteiger partial charge in [-0.1, -0.05) is 6.07 Å². The molecule has 0 aliphatic heterocycles. The molecular formula is C13H8BrFN2O. The Kier molecular flexibility index (Phi) is 3.90. The molecule has 18 heavy (non-hydrogen) atoms. The molecule has 5 heteroatoms. The van der Waals surface area contributed by atoms with Gasteiger partial charge in [0.15, 0.2) is 0 Å². The molecule has 0 bridgehead atoms. The van der Waals surface area contributed by atoms with Crippen LogP contribution in [0.3, 0.4) is 0 Å². The van der Waals surface area contributed by atoms with Gasteiger partial charge in [0.25, 0.3) is 0 Å². The summed E-state index contributed by atoms with van der Waals surface area (Å²) in [6, 6.07) is 9.65. The maximum atomic E-state index is 13.1. The highest BCUT2D eigenvalue weighted by atomic mass is 79.9. The Morgan fingerprint density at radius 1 is 1.33 bits per heavy atom. The standard InChI is InChI=1S/C13H8BrFN2O/c14-13-4-2-11(7-17-13)18-8-9-1-3-12(15)10(5-9)6-16/h1-5,7H,8H2. The van der Waals surface area contributed by atoms with Gasteiger partial charge in [-0.25, -0.2) is 9.37 Å². The maximum Gasteiger partial charge on any atom is 0.140 e. The minimum Gasteiger partial charge on any atom is -0.487 e.